The molecule has 1 saturated heterocycles. The Balaban J connectivity index is 1.59. The number of pyridine rings is 1. The minimum atomic E-state index is -0.458. The van der Waals surface area contributed by atoms with E-state index in [4.69, 9.17) is 9.47 Å². The van der Waals surface area contributed by atoms with E-state index < -0.39 is 5.60 Å². The summed E-state index contributed by atoms with van der Waals surface area (Å²) < 4.78 is 11.4. The van der Waals surface area contributed by atoms with Gasteiger partial charge in [-0.05, 0) is 45.7 Å². The van der Waals surface area contributed by atoms with Gasteiger partial charge in [0.15, 0.2) is 11.6 Å². The molecule has 6 heteroatoms. The number of carbonyl (C=O) groups is 1. The van der Waals surface area contributed by atoms with Gasteiger partial charge < -0.3 is 19.3 Å². The molecule has 0 bridgehead atoms. The molecule has 2 aliphatic rings. The number of hydrogen-bond acceptors (Lipinski definition) is 5. The maximum atomic E-state index is 12.1. The molecule has 1 amide bonds. The van der Waals surface area contributed by atoms with E-state index in [0.29, 0.717) is 19.2 Å². The van der Waals surface area contributed by atoms with Crippen molar-refractivity contribution in [1.29, 1.82) is 0 Å². The number of piperazine rings is 1. The largest absolute Gasteiger partial charge is 0.487 e. The summed E-state index contributed by atoms with van der Waals surface area (Å²) in [6.07, 6.45) is 4.14. The maximum absolute atomic E-state index is 12.1. The van der Waals surface area contributed by atoms with Crippen molar-refractivity contribution in [2.24, 2.45) is 0 Å². The molecule has 1 aliphatic heterocycles. The topological polar surface area (TPSA) is 54.9 Å². The molecule has 0 radical (unpaired) electrons. The van der Waals surface area contributed by atoms with Crippen molar-refractivity contribution in [3.05, 3.63) is 18.3 Å². The first-order valence-electron chi connectivity index (χ1n) is 8.27. The molecule has 0 unspecified atom stereocenters. The van der Waals surface area contributed by atoms with Crippen molar-refractivity contribution >= 4 is 11.9 Å². The predicted molar refractivity (Wildman–Crippen MR) is 87.9 cm³/mol. The van der Waals surface area contributed by atoms with Crippen LogP contribution in [-0.2, 0) is 4.74 Å². The highest BCUT2D eigenvalue weighted by Gasteiger charge is 2.29. The molecule has 23 heavy (non-hydrogen) atoms. The molecular formula is C17H25N3O3. The van der Waals surface area contributed by atoms with Crippen LogP contribution in [0.15, 0.2) is 18.3 Å². The minimum absolute atomic E-state index is 0.243. The zero-order chi connectivity index (χ0) is 16.4. The molecule has 1 aromatic rings. The number of hydrogen-bond donors (Lipinski definition) is 0. The Kier molecular flexibility index (Phi) is 4.33. The van der Waals surface area contributed by atoms with E-state index in [1.54, 1.807) is 11.1 Å². The number of anilines is 1. The lowest BCUT2D eigenvalue weighted by atomic mass is 10.2. The normalized spacial score (nSPS) is 18.7. The molecule has 126 valence electrons. The number of aromatic nitrogens is 1. The van der Waals surface area contributed by atoms with Gasteiger partial charge in [-0.15, -0.1) is 0 Å². The van der Waals surface area contributed by atoms with Gasteiger partial charge in [-0.25, -0.2) is 9.78 Å². The molecule has 2 heterocycles. The Morgan fingerprint density at radius 3 is 2.52 bits per heavy atom. The van der Waals surface area contributed by atoms with Crippen LogP contribution in [0.5, 0.6) is 5.75 Å². The Bertz CT molecular complexity index is 558. The summed E-state index contributed by atoms with van der Waals surface area (Å²) in [6.45, 7) is 8.39. The van der Waals surface area contributed by atoms with Gasteiger partial charge in [0.1, 0.15) is 5.60 Å². The number of rotatable bonds is 3. The van der Waals surface area contributed by atoms with Gasteiger partial charge in [-0.3, -0.25) is 0 Å². The Hall–Kier alpha value is -1.98. The molecule has 0 N–H and O–H groups in total. The highest BCUT2D eigenvalue weighted by molar-refractivity contribution is 5.68. The lowest BCUT2D eigenvalue weighted by Gasteiger charge is -2.36. The first kappa shape index (κ1) is 15.9. The van der Waals surface area contributed by atoms with E-state index in [2.05, 4.69) is 9.88 Å². The second-order valence-corrected chi connectivity index (χ2v) is 7.10. The molecule has 2 fully saturated rings. The first-order valence-corrected chi connectivity index (χ1v) is 8.27. The molecule has 0 atom stereocenters. The van der Waals surface area contributed by atoms with Gasteiger partial charge in [0.05, 0.1) is 6.10 Å². The van der Waals surface area contributed by atoms with Crippen LogP contribution in [0, 0.1) is 0 Å². The Morgan fingerprint density at radius 1 is 1.22 bits per heavy atom. The van der Waals surface area contributed by atoms with Gasteiger partial charge >= 0.3 is 6.09 Å². The van der Waals surface area contributed by atoms with Crippen LogP contribution < -0.4 is 9.64 Å². The summed E-state index contributed by atoms with van der Waals surface area (Å²) in [5.41, 5.74) is -0.458. The lowest BCUT2D eigenvalue weighted by Crippen LogP contribution is -2.50. The van der Waals surface area contributed by atoms with Crippen molar-refractivity contribution in [2.45, 2.75) is 45.3 Å². The van der Waals surface area contributed by atoms with Gasteiger partial charge in [-0.2, -0.15) is 0 Å². The standard InChI is InChI=1S/C17H25N3O3/c1-17(2,3)23-16(21)20-11-9-19(10-12-20)15-14(5-4-8-18-15)22-13-6-7-13/h4-5,8,13H,6-7,9-12H2,1-3H3. The van der Waals surface area contributed by atoms with Crippen LogP contribution >= 0.6 is 0 Å². The molecule has 1 aliphatic carbocycles. The summed E-state index contributed by atoms with van der Waals surface area (Å²) in [4.78, 5) is 20.5. The Morgan fingerprint density at radius 2 is 1.91 bits per heavy atom. The van der Waals surface area contributed by atoms with E-state index >= 15 is 0 Å². The SMILES string of the molecule is CC(C)(C)OC(=O)N1CCN(c2ncccc2OC2CC2)CC1. The number of ether oxygens (including phenoxy) is 2. The number of carbonyl (C=O) groups excluding carboxylic acids is 1. The van der Waals surface area contributed by atoms with Crippen LogP contribution in [-0.4, -0.2) is 53.9 Å². The monoisotopic (exact) mass is 319 g/mol. The van der Waals surface area contributed by atoms with Gasteiger partial charge in [-0.1, -0.05) is 0 Å². The van der Waals surface area contributed by atoms with Gasteiger partial charge in [0.2, 0.25) is 0 Å². The van der Waals surface area contributed by atoms with Crippen molar-refractivity contribution in [3.8, 4) is 5.75 Å². The van der Waals surface area contributed by atoms with E-state index in [0.717, 1.165) is 37.5 Å². The van der Waals surface area contributed by atoms with E-state index in [9.17, 15) is 4.79 Å². The summed E-state index contributed by atoms with van der Waals surface area (Å²) in [5.74, 6) is 1.73. The molecular weight excluding hydrogens is 294 g/mol. The fourth-order valence-corrected chi connectivity index (χ4v) is 2.50. The van der Waals surface area contributed by atoms with Crippen molar-refractivity contribution in [1.82, 2.24) is 9.88 Å². The second kappa shape index (κ2) is 6.26. The summed E-state index contributed by atoms with van der Waals surface area (Å²) in [7, 11) is 0. The molecule has 1 saturated carbocycles. The Labute approximate surface area is 137 Å². The first-order chi connectivity index (χ1) is 10.9. The zero-order valence-corrected chi connectivity index (χ0v) is 14.1. The fourth-order valence-electron chi connectivity index (χ4n) is 2.50. The predicted octanol–water partition coefficient (Wildman–Crippen LogP) is 2.68. The fraction of sp³-hybridized carbons (Fsp3) is 0.647. The second-order valence-electron chi connectivity index (χ2n) is 7.10. The van der Waals surface area contributed by atoms with Crippen LogP contribution in [0.1, 0.15) is 33.6 Å². The van der Waals surface area contributed by atoms with E-state index in [-0.39, 0.29) is 6.09 Å². The van der Waals surface area contributed by atoms with Crippen molar-refractivity contribution in [2.75, 3.05) is 31.1 Å². The lowest BCUT2D eigenvalue weighted by molar-refractivity contribution is 0.0240. The summed E-state index contributed by atoms with van der Waals surface area (Å²) in [6, 6.07) is 3.87. The molecule has 0 spiro atoms. The summed E-state index contributed by atoms with van der Waals surface area (Å²) in [5, 5.41) is 0. The highest BCUT2D eigenvalue weighted by atomic mass is 16.6. The quantitative estimate of drug-likeness (QED) is 0.857. The third-order valence-corrected chi connectivity index (χ3v) is 3.80. The van der Waals surface area contributed by atoms with Crippen LogP contribution in [0.3, 0.4) is 0 Å². The van der Waals surface area contributed by atoms with Crippen molar-refractivity contribution < 1.29 is 14.3 Å². The van der Waals surface area contributed by atoms with Gasteiger partial charge in [0, 0.05) is 32.4 Å². The smallest absolute Gasteiger partial charge is 0.410 e. The number of amides is 1. The molecule has 1 aromatic heterocycles. The third-order valence-electron chi connectivity index (χ3n) is 3.80. The zero-order valence-electron chi connectivity index (χ0n) is 14.1. The third kappa shape index (κ3) is 4.27. The average Bonchev–Trinajstić information content (AvgIpc) is 3.30. The van der Waals surface area contributed by atoms with Gasteiger partial charge in [0.25, 0.3) is 0 Å². The van der Waals surface area contributed by atoms with Crippen molar-refractivity contribution in [3.63, 3.8) is 0 Å². The van der Waals surface area contributed by atoms with Crippen LogP contribution in [0.2, 0.25) is 0 Å². The van der Waals surface area contributed by atoms with E-state index in [1.165, 1.54) is 0 Å². The molecule has 0 aromatic carbocycles. The van der Waals surface area contributed by atoms with E-state index in [1.807, 2.05) is 32.9 Å². The average molecular weight is 319 g/mol. The minimum Gasteiger partial charge on any atom is -0.487 e. The highest BCUT2D eigenvalue weighted by Crippen LogP contribution is 2.32. The molecule has 6 nitrogen and oxygen atoms in total. The number of nitrogens with zero attached hydrogens (tertiary/aromatic N) is 3. The maximum Gasteiger partial charge on any atom is 0.410 e. The molecule has 3 rings (SSSR count). The summed E-state index contributed by atoms with van der Waals surface area (Å²) >= 11 is 0. The van der Waals surface area contributed by atoms with Crippen LogP contribution in [0.25, 0.3) is 0 Å². The van der Waals surface area contributed by atoms with Crippen LogP contribution in [0.4, 0.5) is 10.6 Å².